The second kappa shape index (κ2) is 6.85. The van der Waals surface area contributed by atoms with Crippen LogP contribution in [0.2, 0.25) is 0 Å². The molecular formula is C14H15F3INO2. The van der Waals surface area contributed by atoms with E-state index in [2.05, 4.69) is 5.32 Å². The van der Waals surface area contributed by atoms with E-state index in [4.69, 9.17) is 4.74 Å². The molecule has 1 fully saturated rings. The number of hydrogen-bond donors (Lipinski definition) is 1. The van der Waals surface area contributed by atoms with E-state index < -0.39 is 12.8 Å². The zero-order valence-electron chi connectivity index (χ0n) is 11.2. The Morgan fingerprint density at radius 3 is 2.57 bits per heavy atom. The van der Waals surface area contributed by atoms with Crippen molar-refractivity contribution in [2.24, 2.45) is 0 Å². The fourth-order valence-corrected chi connectivity index (χ4v) is 2.93. The third-order valence-electron chi connectivity index (χ3n) is 3.28. The van der Waals surface area contributed by atoms with Crippen LogP contribution in [0, 0.1) is 3.57 Å². The van der Waals surface area contributed by atoms with Crippen molar-refractivity contribution in [1.82, 2.24) is 5.32 Å². The number of hydrogen-bond acceptors (Lipinski definition) is 2. The predicted octanol–water partition coefficient (Wildman–Crippen LogP) is 3.90. The molecular weight excluding hydrogens is 398 g/mol. The number of carbonyl (C=O) groups is 1. The van der Waals surface area contributed by atoms with Crippen molar-refractivity contribution in [2.45, 2.75) is 37.9 Å². The van der Waals surface area contributed by atoms with Gasteiger partial charge in [-0.25, -0.2) is 0 Å². The molecule has 116 valence electrons. The van der Waals surface area contributed by atoms with Gasteiger partial charge in [0.1, 0.15) is 5.75 Å². The fraction of sp³-hybridized carbons (Fsp3) is 0.500. The van der Waals surface area contributed by atoms with Gasteiger partial charge in [0.05, 0.1) is 3.57 Å². The van der Waals surface area contributed by atoms with Crippen LogP contribution >= 0.6 is 22.6 Å². The number of halogens is 4. The molecule has 0 radical (unpaired) electrons. The van der Waals surface area contributed by atoms with Gasteiger partial charge in [0.25, 0.3) is 5.91 Å². The number of benzene rings is 1. The van der Waals surface area contributed by atoms with Crippen molar-refractivity contribution in [2.75, 3.05) is 6.61 Å². The lowest BCUT2D eigenvalue weighted by atomic mass is 10.1. The molecule has 1 amide bonds. The number of amides is 1. The molecule has 3 nitrogen and oxygen atoms in total. The van der Waals surface area contributed by atoms with Gasteiger partial charge in [-0.05, 0) is 53.6 Å². The lowest BCUT2D eigenvalue weighted by Gasteiger charge is -2.14. The van der Waals surface area contributed by atoms with E-state index >= 15 is 0 Å². The lowest BCUT2D eigenvalue weighted by molar-refractivity contribution is -0.153. The molecule has 1 aromatic rings. The number of alkyl halides is 3. The quantitative estimate of drug-likeness (QED) is 0.761. The van der Waals surface area contributed by atoms with Crippen LogP contribution in [0.4, 0.5) is 13.2 Å². The molecule has 2 rings (SSSR count). The molecule has 1 N–H and O–H groups in total. The van der Waals surface area contributed by atoms with Gasteiger partial charge in [-0.2, -0.15) is 13.2 Å². The smallest absolute Gasteiger partial charge is 0.422 e. The van der Waals surface area contributed by atoms with Gasteiger partial charge in [0, 0.05) is 11.6 Å². The lowest BCUT2D eigenvalue weighted by Crippen LogP contribution is -2.32. The zero-order chi connectivity index (χ0) is 15.5. The second-order valence-corrected chi connectivity index (χ2v) is 6.17. The summed E-state index contributed by atoms with van der Waals surface area (Å²) in [5.74, 6) is -0.0625. The standard InChI is InChI=1S/C14H15F3INO2/c15-14(16,17)8-21-12-6-5-9(7-11(12)18)13(20)19-10-3-1-2-4-10/h5-7,10H,1-4,8H2,(H,19,20). The minimum atomic E-state index is -4.37. The SMILES string of the molecule is O=C(NC1CCCC1)c1ccc(OCC(F)(F)F)c(I)c1. The topological polar surface area (TPSA) is 38.3 Å². The summed E-state index contributed by atoms with van der Waals surface area (Å²) in [6, 6.07) is 4.63. The average Bonchev–Trinajstić information content (AvgIpc) is 2.89. The molecule has 0 bridgehead atoms. The van der Waals surface area contributed by atoms with Crippen LogP contribution in [0.1, 0.15) is 36.0 Å². The molecule has 0 heterocycles. The molecule has 0 atom stereocenters. The summed E-state index contributed by atoms with van der Waals surface area (Å²) in [4.78, 5) is 12.0. The summed E-state index contributed by atoms with van der Waals surface area (Å²) in [6.45, 7) is -1.34. The Morgan fingerprint density at radius 1 is 1.33 bits per heavy atom. The van der Waals surface area contributed by atoms with Crippen molar-refractivity contribution < 1.29 is 22.7 Å². The molecule has 0 unspecified atom stereocenters. The molecule has 1 saturated carbocycles. The van der Waals surface area contributed by atoms with Crippen molar-refractivity contribution in [3.8, 4) is 5.75 Å². The van der Waals surface area contributed by atoms with E-state index in [1.54, 1.807) is 0 Å². The van der Waals surface area contributed by atoms with Crippen molar-refractivity contribution in [3.05, 3.63) is 27.3 Å². The maximum absolute atomic E-state index is 12.1. The minimum Gasteiger partial charge on any atom is -0.483 e. The van der Waals surface area contributed by atoms with E-state index in [1.807, 2.05) is 22.6 Å². The number of carbonyl (C=O) groups excluding carboxylic acids is 1. The molecule has 7 heteroatoms. The van der Waals surface area contributed by atoms with Crippen molar-refractivity contribution in [3.63, 3.8) is 0 Å². The van der Waals surface area contributed by atoms with Crippen LogP contribution in [-0.2, 0) is 0 Å². The largest absolute Gasteiger partial charge is 0.483 e. The van der Waals surface area contributed by atoms with Crippen molar-refractivity contribution in [1.29, 1.82) is 0 Å². The van der Waals surface area contributed by atoms with Crippen LogP contribution in [-0.4, -0.2) is 24.7 Å². The summed E-state index contributed by atoms with van der Waals surface area (Å²) in [7, 11) is 0. The van der Waals surface area contributed by atoms with Gasteiger partial charge >= 0.3 is 6.18 Å². The third-order valence-corrected chi connectivity index (χ3v) is 4.12. The van der Waals surface area contributed by atoms with Crippen LogP contribution in [0.3, 0.4) is 0 Å². The van der Waals surface area contributed by atoms with Crippen LogP contribution in [0.5, 0.6) is 5.75 Å². The molecule has 1 aliphatic carbocycles. The normalized spacial score (nSPS) is 16.0. The monoisotopic (exact) mass is 413 g/mol. The molecule has 0 aromatic heterocycles. The first-order chi connectivity index (χ1) is 9.85. The third kappa shape index (κ3) is 5.05. The Kier molecular flexibility index (Phi) is 5.34. The molecule has 0 spiro atoms. The van der Waals surface area contributed by atoms with Gasteiger partial charge in [0.15, 0.2) is 6.61 Å². The maximum Gasteiger partial charge on any atom is 0.422 e. The highest BCUT2D eigenvalue weighted by Gasteiger charge is 2.28. The summed E-state index contributed by atoms with van der Waals surface area (Å²) in [5, 5.41) is 2.94. The minimum absolute atomic E-state index is 0.130. The Labute approximate surface area is 134 Å². The first-order valence-electron chi connectivity index (χ1n) is 6.65. The zero-order valence-corrected chi connectivity index (χ0v) is 13.3. The van der Waals surface area contributed by atoms with Crippen molar-refractivity contribution >= 4 is 28.5 Å². The number of nitrogens with one attached hydrogen (secondary N) is 1. The molecule has 0 aliphatic heterocycles. The van der Waals surface area contributed by atoms with Crippen LogP contribution in [0.15, 0.2) is 18.2 Å². The van der Waals surface area contributed by atoms with Gasteiger partial charge in [-0.3, -0.25) is 4.79 Å². The Balaban J connectivity index is 1.99. The average molecular weight is 413 g/mol. The highest BCUT2D eigenvalue weighted by Crippen LogP contribution is 2.25. The summed E-state index contributed by atoms with van der Waals surface area (Å²) >= 11 is 1.86. The van der Waals surface area contributed by atoms with Gasteiger partial charge in [-0.1, -0.05) is 12.8 Å². The van der Waals surface area contributed by atoms with E-state index in [0.29, 0.717) is 9.13 Å². The summed E-state index contributed by atoms with van der Waals surface area (Å²) < 4.78 is 41.5. The number of ether oxygens (including phenoxy) is 1. The Hall–Kier alpha value is -0.990. The molecule has 21 heavy (non-hydrogen) atoms. The first kappa shape index (κ1) is 16.4. The maximum atomic E-state index is 12.1. The second-order valence-electron chi connectivity index (χ2n) is 5.00. The van der Waals surface area contributed by atoms with E-state index in [9.17, 15) is 18.0 Å². The van der Waals surface area contributed by atoms with E-state index in [-0.39, 0.29) is 17.7 Å². The molecule has 1 aromatic carbocycles. The Bertz CT molecular complexity index is 513. The van der Waals surface area contributed by atoms with E-state index in [0.717, 1.165) is 25.7 Å². The summed E-state index contributed by atoms with van der Waals surface area (Å²) in [5.41, 5.74) is 0.436. The fourth-order valence-electron chi connectivity index (χ4n) is 2.26. The highest BCUT2D eigenvalue weighted by atomic mass is 127. The first-order valence-corrected chi connectivity index (χ1v) is 7.73. The van der Waals surface area contributed by atoms with Gasteiger partial charge in [0.2, 0.25) is 0 Å². The van der Waals surface area contributed by atoms with E-state index in [1.165, 1.54) is 18.2 Å². The number of rotatable bonds is 4. The van der Waals surface area contributed by atoms with Crippen LogP contribution < -0.4 is 10.1 Å². The molecule has 0 saturated heterocycles. The van der Waals surface area contributed by atoms with Gasteiger partial charge in [-0.15, -0.1) is 0 Å². The van der Waals surface area contributed by atoms with Crippen LogP contribution in [0.25, 0.3) is 0 Å². The Morgan fingerprint density at radius 2 is 2.00 bits per heavy atom. The predicted molar refractivity (Wildman–Crippen MR) is 80.4 cm³/mol. The summed E-state index contributed by atoms with van der Waals surface area (Å²) in [6.07, 6.45) is -0.174. The van der Waals surface area contributed by atoms with Gasteiger partial charge < -0.3 is 10.1 Å². The molecule has 1 aliphatic rings. The highest BCUT2D eigenvalue weighted by molar-refractivity contribution is 14.1.